The molecule has 1 aromatic heterocycles. The van der Waals surface area contributed by atoms with E-state index in [4.69, 9.17) is 18.9 Å². The maximum atomic E-state index is 11.4. The number of hydrogen-bond acceptors (Lipinski definition) is 7. The Balaban J connectivity index is 1.15. The van der Waals surface area contributed by atoms with Crippen molar-refractivity contribution in [2.24, 2.45) is 7.05 Å². The van der Waals surface area contributed by atoms with E-state index < -0.39 is 17.5 Å². The van der Waals surface area contributed by atoms with E-state index in [0.717, 1.165) is 103 Å². The molecule has 2 fully saturated rings. The summed E-state index contributed by atoms with van der Waals surface area (Å²) in [7, 11) is 1.86. The third-order valence-electron chi connectivity index (χ3n) is 10.0. The van der Waals surface area contributed by atoms with Gasteiger partial charge in [-0.2, -0.15) is 5.26 Å². The van der Waals surface area contributed by atoms with Crippen molar-refractivity contribution in [1.82, 2.24) is 4.57 Å². The molecule has 4 aliphatic rings. The number of rotatable bonds is 6. The summed E-state index contributed by atoms with van der Waals surface area (Å²) in [5, 5.41) is 18.6. The van der Waals surface area contributed by atoms with Crippen molar-refractivity contribution in [3.63, 3.8) is 0 Å². The van der Waals surface area contributed by atoms with Crippen LogP contribution in [0, 0.1) is 11.3 Å². The lowest BCUT2D eigenvalue weighted by molar-refractivity contribution is -0.132. The predicted octanol–water partition coefficient (Wildman–Crippen LogP) is 9.02. The lowest BCUT2D eigenvalue weighted by atomic mass is 9.94. The molecule has 3 heterocycles. The normalized spacial score (nSPS) is 18.5. The minimum Gasteiger partial charge on any atom is -0.477 e. The van der Waals surface area contributed by atoms with Crippen molar-refractivity contribution in [2.45, 2.75) is 75.8 Å². The van der Waals surface area contributed by atoms with E-state index in [1.54, 1.807) is 6.07 Å². The van der Waals surface area contributed by atoms with Crippen LogP contribution in [0.3, 0.4) is 0 Å². The van der Waals surface area contributed by atoms with Gasteiger partial charge in [0.2, 0.25) is 0 Å². The highest BCUT2D eigenvalue weighted by molar-refractivity contribution is 5.96. The van der Waals surface area contributed by atoms with Crippen LogP contribution in [-0.2, 0) is 11.8 Å². The molecule has 2 spiro atoms. The molecule has 244 valence electrons. The summed E-state index contributed by atoms with van der Waals surface area (Å²) in [5.41, 5.74) is 4.93. The summed E-state index contributed by atoms with van der Waals surface area (Å²) >= 11 is 0. The van der Waals surface area contributed by atoms with E-state index in [1.165, 1.54) is 18.9 Å². The van der Waals surface area contributed by atoms with Crippen molar-refractivity contribution < 1.29 is 28.8 Å². The van der Waals surface area contributed by atoms with E-state index in [-0.39, 0.29) is 5.57 Å². The fourth-order valence-electron chi connectivity index (χ4n) is 7.51. The van der Waals surface area contributed by atoms with Crippen LogP contribution < -0.4 is 23.8 Å². The average molecular weight is 644 g/mol. The van der Waals surface area contributed by atoms with Gasteiger partial charge in [-0.25, -0.2) is 4.79 Å². The van der Waals surface area contributed by atoms with Gasteiger partial charge in [-0.05, 0) is 85.9 Å². The first-order valence-electron chi connectivity index (χ1n) is 16.8. The first-order chi connectivity index (χ1) is 23.3. The van der Waals surface area contributed by atoms with E-state index in [2.05, 4.69) is 41.3 Å². The Kier molecular flexibility index (Phi) is 7.32. The first-order valence-corrected chi connectivity index (χ1v) is 16.8. The number of carboxylic acid groups (broad SMARTS) is 1. The fourth-order valence-corrected chi connectivity index (χ4v) is 7.51. The molecule has 1 N–H and O–H groups in total. The van der Waals surface area contributed by atoms with Gasteiger partial charge in [0.25, 0.3) is 11.6 Å². The number of nitriles is 1. The molecule has 2 aliphatic carbocycles. The second-order valence-corrected chi connectivity index (χ2v) is 13.2. The van der Waals surface area contributed by atoms with Gasteiger partial charge in [0.05, 0.1) is 11.4 Å². The molecule has 8 rings (SSSR count). The lowest BCUT2D eigenvalue weighted by Crippen LogP contribution is -2.40. The minimum atomic E-state index is -1.25. The Hall–Kier alpha value is -5.36. The molecule has 0 unspecified atom stereocenters. The van der Waals surface area contributed by atoms with E-state index in [1.807, 2.05) is 48.0 Å². The van der Waals surface area contributed by atoms with Gasteiger partial charge in [-0.1, -0.05) is 25.0 Å². The molecule has 2 saturated carbocycles. The molecule has 9 nitrogen and oxygen atoms in total. The quantitative estimate of drug-likeness (QED) is 0.164. The highest BCUT2D eigenvalue weighted by Crippen LogP contribution is 2.51. The maximum Gasteiger partial charge on any atom is 0.346 e. The summed E-state index contributed by atoms with van der Waals surface area (Å²) in [6.45, 7) is 0. The van der Waals surface area contributed by atoms with Crippen LogP contribution in [0.1, 0.15) is 69.9 Å². The molecule has 0 bridgehead atoms. The first kappa shape index (κ1) is 30.0. The molecule has 0 atom stereocenters. The van der Waals surface area contributed by atoms with Gasteiger partial charge in [0, 0.05) is 61.9 Å². The number of fused-ring (bicyclic) bond motifs is 2. The standard InChI is InChI=1S/C39H37N3O6/c1-41-29(22-27(25-40)37(43)44)12-15-32(41)26-8-10-28(11-9-26)42(30-13-16-33-35(23-30)47-38(45-33)18-4-2-5-19-38)31-14-17-34-36(24-31)48-39(46-34)20-6-3-7-21-39/h8-17,22-24H,2-7,18-21H2,1H3,(H,43,44)/b27-22-. The zero-order chi connectivity index (χ0) is 32.9. The Morgan fingerprint density at radius 2 is 1.23 bits per heavy atom. The summed E-state index contributed by atoms with van der Waals surface area (Å²) < 4.78 is 27.7. The van der Waals surface area contributed by atoms with Crippen LogP contribution in [0.4, 0.5) is 17.1 Å². The smallest absolute Gasteiger partial charge is 0.346 e. The molecule has 48 heavy (non-hydrogen) atoms. The summed E-state index contributed by atoms with van der Waals surface area (Å²) in [5.74, 6) is 0.662. The highest BCUT2D eigenvalue weighted by Gasteiger charge is 2.44. The Labute approximate surface area is 279 Å². The minimum absolute atomic E-state index is 0.315. The Morgan fingerprint density at radius 3 is 1.73 bits per heavy atom. The van der Waals surface area contributed by atoms with Crippen LogP contribution >= 0.6 is 0 Å². The zero-order valence-corrected chi connectivity index (χ0v) is 26.9. The van der Waals surface area contributed by atoms with E-state index in [0.29, 0.717) is 5.69 Å². The number of aromatic nitrogens is 1. The second kappa shape index (κ2) is 11.7. The van der Waals surface area contributed by atoms with Crippen LogP contribution in [0.25, 0.3) is 17.3 Å². The summed E-state index contributed by atoms with van der Waals surface area (Å²) in [6, 6.07) is 26.0. The number of ether oxygens (including phenoxy) is 4. The third kappa shape index (κ3) is 5.31. The van der Waals surface area contributed by atoms with Gasteiger partial charge >= 0.3 is 5.97 Å². The molecular weight excluding hydrogens is 606 g/mol. The number of carbonyl (C=O) groups is 1. The van der Waals surface area contributed by atoms with Crippen LogP contribution in [-0.4, -0.2) is 27.2 Å². The van der Waals surface area contributed by atoms with Gasteiger partial charge < -0.3 is 33.5 Å². The van der Waals surface area contributed by atoms with Crippen molar-refractivity contribution in [3.05, 3.63) is 84.1 Å². The number of nitrogens with zero attached hydrogens (tertiary/aromatic N) is 3. The monoisotopic (exact) mass is 643 g/mol. The Bertz CT molecular complexity index is 1880. The molecule has 0 saturated heterocycles. The van der Waals surface area contributed by atoms with Crippen molar-refractivity contribution >= 4 is 29.1 Å². The second-order valence-electron chi connectivity index (χ2n) is 13.2. The van der Waals surface area contributed by atoms with Crippen molar-refractivity contribution in [1.29, 1.82) is 5.26 Å². The third-order valence-corrected chi connectivity index (χ3v) is 10.0. The van der Waals surface area contributed by atoms with Crippen molar-refractivity contribution in [2.75, 3.05) is 4.90 Å². The average Bonchev–Trinajstić information content (AvgIpc) is 3.76. The molecule has 2 aliphatic heterocycles. The van der Waals surface area contributed by atoms with Gasteiger partial charge in [-0.15, -0.1) is 0 Å². The molecule has 4 aromatic rings. The van der Waals surface area contributed by atoms with Gasteiger partial charge in [0.15, 0.2) is 23.0 Å². The van der Waals surface area contributed by atoms with E-state index >= 15 is 0 Å². The number of hydrogen-bond donors (Lipinski definition) is 1. The zero-order valence-electron chi connectivity index (χ0n) is 26.9. The molecule has 9 heteroatoms. The summed E-state index contributed by atoms with van der Waals surface area (Å²) in [4.78, 5) is 13.6. The van der Waals surface area contributed by atoms with Crippen molar-refractivity contribution in [3.8, 4) is 40.3 Å². The molecule has 0 radical (unpaired) electrons. The number of anilines is 3. The predicted molar refractivity (Wildman–Crippen MR) is 181 cm³/mol. The van der Waals surface area contributed by atoms with Crippen LogP contribution in [0.15, 0.2) is 78.4 Å². The number of carboxylic acids is 1. The summed E-state index contributed by atoms with van der Waals surface area (Å²) in [6.07, 6.45) is 11.7. The van der Waals surface area contributed by atoms with Crippen LogP contribution in [0.2, 0.25) is 0 Å². The largest absolute Gasteiger partial charge is 0.477 e. The van der Waals surface area contributed by atoms with Gasteiger partial charge in [0.1, 0.15) is 11.6 Å². The SMILES string of the molecule is Cn1c(/C=C(/C#N)C(=O)O)ccc1-c1ccc(N(c2ccc3c(c2)OC2(CCCCC2)O3)c2ccc3c(c2)OC2(CCCCC2)O3)cc1. The van der Waals surface area contributed by atoms with Crippen LogP contribution in [0.5, 0.6) is 23.0 Å². The Morgan fingerprint density at radius 1 is 0.729 bits per heavy atom. The topological polar surface area (TPSA) is 106 Å². The lowest BCUT2D eigenvalue weighted by Gasteiger charge is -2.31. The van der Waals surface area contributed by atoms with E-state index in [9.17, 15) is 15.2 Å². The fraction of sp³-hybridized carbons (Fsp3) is 0.333. The maximum absolute atomic E-state index is 11.4. The molecule has 3 aromatic carbocycles. The molecule has 0 amide bonds. The molecular formula is C39H37N3O6. The van der Waals surface area contributed by atoms with Gasteiger partial charge in [-0.3, -0.25) is 0 Å². The number of benzene rings is 3. The number of aliphatic carboxylic acids is 1. The highest BCUT2D eigenvalue weighted by atomic mass is 16.7.